The topological polar surface area (TPSA) is 53.6 Å². The summed E-state index contributed by atoms with van der Waals surface area (Å²) < 4.78 is 5.34. The van der Waals surface area contributed by atoms with E-state index in [0.29, 0.717) is 17.3 Å². The molecule has 0 aliphatic heterocycles. The van der Waals surface area contributed by atoms with E-state index in [4.69, 9.17) is 4.42 Å². The number of rotatable bonds is 1. The monoisotopic (exact) mass is 358 g/mol. The molecule has 1 aromatic heterocycles. The van der Waals surface area contributed by atoms with Crippen LogP contribution in [0.1, 0.15) is 77.2 Å². The van der Waals surface area contributed by atoms with Gasteiger partial charge in [0, 0.05) is 11.0 Å². The van der Waals surface area contributed by atoms with Crippen molar-refractivity contribution in [1.29, 1.82) is 0 Å². The lowest BCUT2D eigenvalue weighted by atomic mass is 9.44. The van der Waals surface area contributed by atoms with Crippen LogP contribution in [-0.2, 0) is 5.60 Å². The number of furan rings is 1. The van der Waals surface area contributed by atoms with Gasteiger partial charge in [-0.05, 0) is 92.9 Å². The van der Waals surface area contributed by atoms with Crippen LogP contribution in [-0.4, -0.2) is 16.3 Å². The molecule has 0 bridgehead atoms. The Morgan fingerprint density at radius 1 is 1.00 bits per heavy atom. The lowest BCUT2D eigenvalue weighted by molar-refractivity contribution is -0.161. The Bertz CT molecular complexity index is 669. The average Bonchev–Trinajstić information content (AvgIpc) is 3.24. The van der Waals surface area contributed by atoms with E-state index >= 15 is 0 Å². The maximum absolute atomic E-state index is 11.7. The first-order chi connectivity index (χ1) is 12.4. The van der Waals surface area contributed by atoms with Crippen LogP contribution >= 0.6 is 0 Å². The second kappa shape index (κ2) is 5.61. The van der Waals surface area contributed by atoms with Crippen molar-refractivity contribution >= 4 is 0 Å². The molecule has 0 amide bonds. The van der Waals surface area contributed by atoms with Crippen molar-refractivity contribution in [2.24, 2.45) is 34.5 Å². The fourth-order valence-corrected chi connectivity index (χ4v) is 8.23. The highest BCUT2D eigenvalue weighted by atomic mass is 16.3. The Morgan fingerprint density at radius 3 is 2.58 bits per heavy atom. The SMILES string of the molecule is C[C@]12CC[C@H](O)CC1CC[C@@H]1[C@@H]2CC[C@@]2(C)[C@H]1CC[C@@]2(O)c1ccoc1. The van der Waals surface area contributed by atoms with Gasteiger partial charge in [0.25, 0.3) is 0 Å². The first-order valence-electron chi connectivity index (χ1n) is 10.8. The Balaban J connectivity index is 1.47. The van der Waals surface area contributed by atoms with Gasteiger partial charge in [-0.3, -0.25) is 0 Å². The number of hydrogen-bond donors (Lipinski definition) is 2. The number of aliphatic hydroxyl groups excluding tert-OH is 1. The third kappa shape index (κ3) is 2.08. The van der Waals surface area contributed by atoms with E-state index in [-0.39, 0.29) is 11.5 Å². The molecule has 4 fully saturated rings. The van der Waals surface area contributed by atoms with Crippen molar-refractivity contribution in [3.8, 4) is 0 Å². The molecule has 0 saturated heterocycles. The summed E-state index contributed by atoms with van der Waals surface area (Å²) in [5, 5.41) is 21.9. The quantitative estimate of drug-likeness (QED) is 0.753. The zero-order chi connectivity index (χ0) is 18.2. The molecule has 0 spiro atoms. The van der Waals surface area contributed by atoms with Crippen LogP contribution < -0.4 is 0 Å². The van der Waals surface area contributed by atoms with E-state index in [1.807, 2.05) is 6.07 Å². The van der Waals surface area contributed by atoms with Crippen molar-refractivity contribution in [3.63, 3.8) is 0 Å². The van der Waals surface area contributed by atoms with Crippen molar-refractivity contribution in [1.82, 2.24) is 0 Å². The van der Waals surface area contributed by atoms with Crippen molar-refractivity contribution in [2.75, 3.05) is 0 Å². The van der Waals surface area contributed by atoms with Crippen LogP contribution in [0.25, 0.3) is 0 Å². The molecule has 0 radical (unpaired) electrons. The van der Waals surface area contributed by atoms with E-state index in [0.717, 1.165) is 49.5 Å². The summed E-state index contributed by atoms with van der Waals surface area (Å²) in [4.78, 5) is 0. The van der Waals surface area contributed by atoms with Gasteiger partial charge in [-0.2, -0.15) is 0 Å². The second-order valence-corrected chi connectivity index (χ2v) is 10.5. The highest BCUT2D eigenvalue weighted by Crippen LogP contribution is 2.70. The maximum atomic E-state index is 11.7. The van der Waals surface area contributed by atoms with E-state index in [1.54, 1.807) is 12.5 Å². The van der Waals surface area contributed by atoms with Gasteiger partial charge in [0.05, 0.1) is 24.2 Å². The highest BCUT2D eigenvalue weighted by Gasteiger charge is 2.65. The zero-order valence-corrected chi connectivity index (χ0v) is 16.3. The summed E-state index contributed by atoms with van der Waals surface area (Å²) in [6, 6.07) is 1.97. The molecule has 5 rings (SSSR count). The summed E-state index contributed by atoms with van der Waals surface area (Å²) in [5.74, 6) is 2.83. The van der Waals surface area contributed by atoms with Gasteiger partial charge in [0.2, 0.25) is 0 Å². The zero-order valence-electron chi connectivity index (χ0n) is 16.3. The van der Waals surface area contributed by atoms with Crippen LogP contribution in [0.3, 0.4) is 0 Å². The Labute approximate surface area is 157 Å². The Kier molecular flexibility index (Phi) is 3.73. The number of fused-ring (bicyclic) bond motifs is 5. The molecular formula is C23H34O3. The average molecular weight is 359 g/mol. The van der Waals surface area contributed by atoms with Crippen molar-refractivity contribution in [3.05, 3.63) is 24.2 Å². The molecule has 4 aliphatic carbocycles. The predicted octanol–water partition coefficient (Wildman–Crippen LogP) is 4.87. The third-order valence-electron chi connectivity index (χ3n) is 9.79. The van der Waals surface area contributed by atoms with Gasteiger partial charge in [0.1, 0.15) is 0 Å². The van der Waals surface area contributed by atoms with Crippen molar-refractivity contribution < 1.29 is 14.6 Å². The van der Waals surface area contributed by atoms with Gasteiger partial charge >= 0.3 is 0 Å². The Morgan fingerprint density at radius 2 is 1.81 bits per heavy atom. The van der Waals surface area contributed by atoms with E-state index in [9.17, 15) is 10.2 Å². The van der Waals surface area contributed by atoms with Crippen LogP contribution in [0, 0.1) is 34.5 Å². The standard InChI is InChI=1S/C23H34O3/c1-21-9-5-17(24)13-15(21)3-4-18-19(21)6-10-22(2)20(18)7-11-23(22,25)16-8-12-26-14-16/h8,12,14-15,17-20,24-25H,3-7,9-11,13H2,1-2H3/t15?,17-,18+,19-,20-,21-,22-,23+/m0/s1. The fourth-order valence-electron chi connectivity index (χ4n) is 8.23. The van der Waals surface area contributed by atoms with Gasteiger partial charge in [-0.1, -0.05) is 13.8 Å². The van der Waals surface area contributed by atoms with Gasteiger partial charge in [-0.25, -0.2) is 0 Å². The predicted molar refractivity (Wildman–Crippen MR) is 100 cm³/mol. The first-order valence-corrected chi connectivity index (χ1v) is 10.8. The van der Waals surface area contributed by atoms with E-state index in [2.05, 4.69) is 13.8 Å². The van der Waals surface area contributed by atoms with Crippen molar-refractivity contribution in [2.45, 2.75) is 83.3 Å². The molecule has 144 valence electrons. The molecule has 8 atom stereocenters. The molecule has 0 aromatic carbocycles. The molecule has 3 nitrogen and oxygen atoms in total. The molecule has 3 heteroatoms. The van der Waals surface area contributed by atoms with Gasteiger partial charge < -0.3 is 14.6 Å². The van der Waals surface area contributed by atoms with E-state index in [1.165, 1.54) is 25.7 Å². The lowest BCUT2D eigenvalue weighted by Gasteiger charge is -2.61. The highest BCUT2D eigenvalue weighted by molar-refractivity contribution is 5.26. The minimum absolute atomic E-state index is 0.0323. The van der Waals surface area contributed by atoms with E-state index < -0.39 is 5.60 Å². The minimum atomic E-state index is -0.726. The second-order valence-electron chi connectivity index (χ2n) is 10.5. The molecule has 4 saturated carbocycles. The summed E-state index contributed by atoms with van der Waals surface area (Å²) >= 11 is 0. The molecule has 1 unspecified atom stereocenters. The first kappa shape index (κ1) is 17.3. The van der Waals surface area contributed by atoms with Crippen LogP contribution in [0.15, 0.2) is 23.0 Å². The smallest absolute Gasteiger partial charge is 0.0983 e. The normalized spacial score (nSPS) is 53.6. The summed E-state index contributed by atoms with van der Waals surface area (Å²) in [6.45, 7) is 4.88. The molecule has 4 aliphatic rings. The van der Waals surface area contributed by atoms with Gasteiger partial charge in [-0.15, -0.1) is 0 Å². The molecule has 1 aromatic rings. The maximum Gasteiger partial charge on any atom is 0.0983 e. The lowest BCUT2D eigenvalue weighted by Crippen LogP contribution is -2.56. The third-order valence-corrected chi connectivity index (χ3v) is 9.79. The van der Waals surface area contributed by atoms with Gasteiger partial charge in [0.15, 0.2) is 0 Å². The molecule has 1 heterocycles. The molecular weight excluding hydrogens is 324 g/mol. The summed E-state index contributed by atoms with van der Waals surface area (Å²) in [7, 11) is 0. The largest absolute Gasteiger partial charge is 0.472 e. The summed E-state index contributed by atoms with van der Waals surface area (Å²) in [6.07, 6.45) is 13.5. The van der Waals surface area contributed by atoms with Crippen LogP contribution in [0.4, 0.5) is 0 Å². The van der Waals surface area contributed by atoms with Crippen LogP contribution in [0.5, 0.6) is 0 Å². The fraction of sp³-hybridized carbons (Fsp3) is 0.826. The molecule has 2 N–H and O–H groups in total. The Hall–Kier alpha value is -0.800. The molecule has 26 heavy (non-hydrogen) atoms. The summed E-state index contributed by atoms with van der Waals surface area (Å²) in [5.41, 5.74) is 0.632. The number of aliphatic hydroxyl groups is 2. The number of hydrogen-bond acceptors (Lipinski definition) is 3. The minimum Gasteiger partial charge on any atom is -0.472 e. The van der Waals surface area contributed by atoms with Crippen LogP contribution in [0.2, 0.25) is 0 Å².